The van der Waals surface area contributed by atoms with Crippen molar-refractivity contribution in [2.75, 3.05) is 6.61 Å². The fourth-order valence-corrected chi connectivity index (χ4v) is 2.63. The van der Waals surface area contributed by atoms with Gasteiger partial charge in [0.1, 0.15) is 13.0 Å². The van der Waals surface area contributed by atoms with Crippen molar-refractivity contribution in [1.29, 1.82) is 0 Å². The SMILES string of the molecule is C[C@H]1[B]C[C@@H](O)[C@@H]1COc1cc(Cl)cc(Cl)c1. The molecule has 17 heavy (non-hydrogen) atoms. The summed E-state index contributed by atoms with van der Waals surface area (Å²) in [5.74, 6) is 1.17. The van der Waals surface area contributed by atoms with Crippen molar-refractivity contribution < 1.29 is 9.84 Å². The second kappa shape index (κ2) is 5.51. The molecule has 0 aliphatic carbocycles. The second-order valence-corrected chi connectivity index (χ2v) is 5.35. The van der Waals surface area contributed by atoms with Crippen LogP contribution >= 0.6 is 23.2 Å². The molecule has 1 radical (unpaired) electrons. The Kier molecular flexibility index (Phi) is 4.24. The molecule has 0 amide bonds. The van der Waals surface area contributed by atoms with Gasteiger partial charge in [-0.15, -0.1) is 0 Å². The number of rotatable bonds is 3. The highest BCUT2D eigenvalue weighted by molar-refractivity contribution is 6.39. The third-order valence-electron chi connectivity index (χ3n) is 3.20. The summed E-state index contributed by atoms with van der Waals surface area (Å²) in [4.78, 5) is 0. The molecule has 1 aromatic carbocycles. The van der Waals surface area contributed by atoms with E-state index in [9.17, 15) is 5.11 Å². The minimum Gasteiger partial charge on any atom is -0.493 e. The van der Waals surface area contributed by atoms with E-state index >= 15 is 0 Å². The van der Waals surface area contributed by atoms with Crippen molar-refractivity contribution in [3.05, 3.63) is 28.2 Å². The zero-order valence-electron chi connectivity index (χ0n) is 9.57. The number of aliphatic hydroxyl groups excluding tert-OH is 1. The van der Waals surface area contributed by atoms with Crippen LogP contribution in [0.2, 0.25) is 22.2 Å². The lowest BCUT2D eigenvalue weighted by atomic mass is 9.67. The van der Waals surface area contributed by atoms with E-state index in [1.54, 1.807) is 18.2 Å². The van der Waals surface area contributed by atoms with Gasteiger partial charge in [0.2, 0.25) is 0 Å². The molecule has 1 heterocycles. The quantitative estimate of drug-likeness (QED) is 0.855. The molecule has 0 bridgehead atoms. The third-order valence-corrected chi connectivity index (χ3v) is 3.63. The van der Waals surface area contributed by atoms with Crippen LogP contribution < -0.4 is 4.74 Å². The van der Waals surface area contributed by atoms with Gasteiger partial charge in [0.05, 0.1) is 12.7 Å². The van der Waals surface area contributed by atoms with Gasteiger partial charge in [0.15, 0.2) is 0 Å². The molecule has 5 heteroatoms. The van der Waals surface area contributed by atoms with Crippen LogP contribution in [-0.2, 0) is 0 Å². The Morgan fingerprint density at radius 2 is 2.00 bits per heavy atom. The van der Waals surface area contributed by atoms with Crippen LogP contribution in [0.4, 0.5) is 0 Å². The van der Waals surface area contributed by atoms with E-state index in [0.717, 1.165) is 6.32 Å². The lowest BCUT2D eigenvalue weighted by molar-refractivity contribution is 0.0991. The molecule has 0 spiro atoms. The largest absolute Gasteiger partial charge is 0.493 e. The van der Waals surface area contributed by atoms with E-state index in [1.807, 2.05) is 0 Å². The van der Waals surface area contributed by atoms with E-state index in [0.29, 0.717) is 28.2 Å². The molecule has 0 aromatic heterocycles. The molecule has 1 N–H and O–H groups in total. The molecule has 0 unspecified atom stereocenters. The van der Waals surface area contributed by atoms with Crippen LogP contribution in [0.3, 0.4) is 0 Å². The molecule has 1 aliphatic rings. The molecule has 1 aromatic rings. The minimum absolute atomic E-state index is 0.146. The Morgan fingerprint density at radius 1 is 1.35 bits per heavy atom. The van der Waals surface area contributed by atoms with E-state index in [4.69, 9.17) is 27.9 Å². The molecule has 0 saturated carbocycles. The average molecular weight is 272 g/mol. The van der Waals surface area contributed by atoms with Crippen LogP contribution in [0.25, 0.3) is 0 Å². The topological polar surface area (TPSA) is 29.5 Å². The molecule has 3 atom stereocenters. The Morgan fingerprint density at radius 3 is 2.53 bits per heavy atom. The fourth-order valence-electron chi connectivity index (χ4n) is 2.12. The van der Waals surface area contributed by atoms with Gasteiger partial charge < -0.3 is 9.84 Å². The van der Waals surface area contributed by atoms with E-state index < -0.39 is 0 Å². The second-order valence-electron chi connectivity index (χ2n) is 4.48. The number of ether oxygens (including phenoxy) is 1. The standard InChI is InChI=1S/C12H14BCl2O2/c1-7-11(12(16)5-13-7)6-17-10-3-8(14)2-9(15)4-10/h2-4,7,11-12,16H,5-6H2,1H3/t7-,11-,12-/m1/s1. The predicted molar refractivity (Wildman–Crippen MR) is 71.4 cm³/mol. The lowest BCUT2D eigenvalue weighted by Crippen LogP contribution is -2.22. The van der Waals surface area contributed by atoms with Crippen molar-refractivity contribution in [3.63, 3.8) is 0 Å². The molecule has 2 nitrogen and oxygen atoms in total. The van der Waals surface area contributed by atoms with Crippen LogP contribution in [0.1, 0.15) is 6.92 Å². The molecule has 1 saturated heterocycles. The maximum atomic E-state index is 9.78. The van der Waals surface area contributed by atoms with Gasteiger partial charge >= 0.3 is 0 Å². The lowest BCUT2D eigenvalue weighted by Gasteiger charge is -2.20. The number of aliphatic hydroxyl groups is 1. The minimum atomic E-state index is -0.306. The summed E-state index contributed by atoms with van der Waals surface area (Å²) < 4.78 is 5.64. The predicted octanol–water partition coefficient (Wildman–Crippen LogP) is 3.29. The Balaban J connectivity index is 1.97. The first-order valence-corrected chi connectivity index (χ1v) is 6.42. The van der Waals surface area contributed by atoms with E-state index in [2.05, 4.69) is 14.2 Å². The maximum Gasteiger partial charge on any atom is 0.122 e. The number of benzene rings is 1. The van der Waals surface area contributed by atoms with Crippen molar-refractivity contribution >= 4 is 30.5 Å². The molecule has 2 rings (SSSR count). The Labute approximate surface area is 112 Å². The Bertz CT molecular complexity index is 370. The number of hydrogen-bond acceptors (Lipinski definition) is 2. The molecular formula is C12H14BCl2O2. The maximum absolute atomic E-state index is 9.78. The van der Waals surface area contributed by atoms with E-state index in [-0.39, 0.29) is 12.0 Å². The van der Waals surface area contributed by atoms with Crippen molar-refractivity contribution in [1.82, 2.24) is 0 Å². The molecular weight excluding hydrogens is 258 g/mol. The van der Waals surface area contributed by atoms with Gasteiger partial charge in [-0.25, -0.2) is 0 Å². The number of halogens is 2. The van der Waals surface area contributed by atoms with Crippen molar-refractivity contribution in [2.24, 2.45) is 5.92 Å². The van der Waals surface area contributed by atoms with Gasteiger partial charge in [0.25, 0.3) is 0 Å². The van der Waals surface area contributed by atoms with Crippen molar-refractivity contribution in [2.45, 2.75) is 25.2 Å². The summed E-state index contributed by atoms with van der Waals surface area (Å²) in [5.41, 5.74) is 0. The third kappa shape index (κ3) is 3.31. The first-order chi connectivity index (χ1) is 8.06. The summed E-state index contributed by atoms with van der Waals surface area (Å²) >= 11 is 11.8. The van der Waals surface area contributed by atoms with E-state index in [1.165, 1.54) is 0 Å². The molecule has 1 aliphatic heterocycles. The van der Waals surface area contributed by atoms with Gasteiger partial charge in [-0.3, -0.25) is 0 Å². The highest BCUT2D eigenvalue weighted by atomic mass is 35.5. The molecule has 1 fully saturated rings. The number of hydrogen-bond donors (Lipinski definition) is 1. The van der Waals surface area contributed by atoms with Crippen LogP contribution in [-0.4, -0.2) is 25.1 Å². The summed E-state index contributed by atoms with van der Waals surface area (Å²) in [6.07, 6.45) is 0.436. The van der Waals surface area contributed by atoms with Crippen LogP contribution in [0, 0.1) is 5.92 Å². The first kappa shape index (κ1) is 13.1. The van der Waals surface area contributed by atoms with Crippen LogP contribution in [0.5, 0.6) is 5.75 Å². The smallest absolute Gasteiger partial charge is 0.122 e. The summed E-state index contributed by atoms with van der Waals surface area (Å²) in [5, 5.41) is 10.9. The summed E-state index contributed by atoms with van der Waals surface area (Å²) in [6.45, 7) is 2.57. The van der Waals surface area contributed by atoms with Gasteiger partial charge in [-0.1, -0.05) is 42.3 Å². The normalized spacial score (nSPS) is 27.9. The fraction of sp³-hybridized carbons (Fsp3) is 0.500. The van der Waals surface area contributed by atoms with Crippen LogP contribution in [0.15, 0.2) is 18.2 Å². The van der Waals surface area contributed by atoms with Gasteiger partial charge in [-0.05, 0) is 18.2 Å². The summed E-state index contributed by atoms with van der Waals surface area (Å²) in [7, 11) is 2.13. The highest BCUT2D eigenvalue weighted by Gasteiger charge is 2.32. The average Bonchev–Trinajstić information content (AvgIpc) is 2.55. The van der Waals surface area contributed by atoms with Crippen molar-refractivity contribution in [3.8, 4) is 5.75 Å². The zero-order valence-corrected chi connectivity index (χ0v) is 11.1. The van der Waals surface area contributed by atoms with Gasteiger partial charge in [-0.2, -0.15) is 0 Å². The monoisotopic (exact) mass is 271 g/mol. The highest BCUT2D eigenvalue weighted by Crippen LogP contribution is 2.32. The molecule has 91 valence electrons. The van der Waals surface area contributed by atoms with Gasteiger partial charge in [0, 0.05) is 16.0 Å². The Hall–Kier alpha value is -0.375. The first-order valence-electron chi connectivity index (χ1n) is 5.66. The summed E-state index contributed by atoms with van der Waals surface area (Å²) in [6, 6.07) is 5.11. The zero-order chi connectivity index (χ0) is 12.4.